The first-order chi connectivity index (χ1) is 8.02. The molecule has 0 radical (unpaired) electrons. The molecule has 1 aliphatic heterocycles. The second kappa shape index (κ2) is 4.05. The van der Waals surface area contributed by atoms with Gasteiger partial charge in [-0.25, -0.2) is 4.79 Å². The summed E-state index contributed by atoms with van der Waals surface area (Å²) in [6, 6.07) is 6.85. The van der Waals surface area contributed by atoms with Gasteiger partial charge in [-0.15, -0.1) is 0 Å². The van der Waals surface area contributed by atoms with Crippen molar-refractivity contribution in [3.8, 4) is 0 Å². The minimum absolute atomic E-state index is 0.119. The molecule has 0 fully saturated rings. The van der Waals surface area contributed by atoms with Crippen molar-refractivity contribution in [1.29, 1.82) is 0 Å². The predicted molar refractivity (Wildman–Crippen MR) is 60.6 cm³/mol. The monoisotopic (exact) mass is 232 g/mol. The van der Waals surface area contributed by atoms with Crippen LogP contribution in [0.4, 0.5) is 0 Å². The zero-order valence-corrected chi connectivity index (χ0v) is 9.56. The number of ketones is 1. The van der Waals surface area contributed by atoms with E-state index in [2.05, 4.69) is 0 Å². The Morgan fingerprint density at radius 1 is 1.29 bits per heavy atom. The first-order valence-electron chi connectivity index (χ1n) is 5.23. The van der Waals surface area contributed by atoms with Gasteiger partial charge in [-0.3, -0.25) is 4.79 Å². The van der Waals surface area contributed by atoms with E-state index in [-0.39, 0.29) is 17.1 Å². The molecule has 4 nitrogen and oxygen atoms in total. The standard InChI is InChI=1S/C13H12O4/c1-7(14)11(8(2)15)12-9-5-3-4-6-10(9)13(16)17-12/h3-6,12,14H,1-2H3/b11-7-. The van der Waals surface area contributed by atoms with Gasteiger partial charge in [0.25, 0.3) is 0 Å². The van der Waals surface area contributed by atoms with E-state index in [1.807, 2.05) is 0 Å². The smallest absolute Gasteiger partial charge is 0.339 e. The van der Waals surface area contributed by atoms with Gasteiger partial charge in [0.15, 0.2) is 11.9 Å². The Labute approximate surface area is 98.5 Å². The lowest BCUT2D eigenvalue weighted by atomic mass is 9.96. The summed E-state index contributed by atoms with van der Waals surface area (Å²) in [6.07, 6.45) is -0.791. The number of hydrogen-bond donors (Lipinski definition) is 1. The number of hydrogen-bond acceptors (Lipinski definition) is 4. The number of aliphatic hydroxyl groups excluding tert-OH is 1. The number of esters is 1. The molecule has 1 N–H and O–H groups in total. The van der Waals surface area contributed by atoms with Crippen LogP contribution in [-0.2, 0) is 9.53 Å². The van der Waals surface area contributed by atoms with Gasteiger partial charge in [0.05, 0.1) is 16.9 Å². The summed E-state index contributed by atoms with van der Waals surface area (Å²) in [6.45, 7) is 2.75. The van der Waals surface area contributed by atoms with Crippen LogP contribution >= 0.6 is 0 Å². The summed E-state index contributed by atoms with van der Waals surface area (Å²) in [5, 5.41) is 9.52. The van der Waals surface area contributed by atoms with Crippen LogP contribution in [-0.4, -0.2) is 16.9 Å². The summed E-state index contributed by atoms with van der Waals surface area (Å²) < 4.78 is 5.14. The number of benzene rings is 1. The average molecular weight is 232 g/mol. The molecule has 1 aliphatic rings. The van der Waals surface area contributed by atoms with E-state index in [4.69, 9.17) is 4.74 Å². The molecule has 1 aromatic carbocycles. The van der Waals surface area contributed by atoms with Crippen LogP contribution in [0.3, 0.4) is 0 Å². The third-order valence-corrected chi connectivity index (χ3v) is 2.72. The van der Waals surface area contributed by atoms with E-state index >= 15 is 0 Å². The molecule has 88 valence electrons. The molecule has 0 bridgehead atoms. The molecule has 1 heterocycles. The second-order valence-electron chi connectivity index (χ2n) is 3.93. The first kappa shape index (κ1) is 11.4. The van der Waals surface area contributed by atoms with E-state index in [9.17, 15) is 14.7 Å². The maximum Gasteiger partial charge on any atom is 0.339 e. The fourth-order valence-corrected chi connectivity index (χ4v) is 1.99. The highest BCUT2D eigenvalue weighted by Crippen LogP contribution is 2.36. The number of aliphatic hydroxyl groups is 1. The SMILES string of the molecule is CC(=O)/C(=C(\C)O)C1OC(=O)c2ccccc21. The van der Waals surface area contributed by atoms with Crippen LogP contribution in [0.2, 0.25) is 0 Å². The topological polar surface area (TPSA) is 63.6 Å². The summed E-state index contributed by atoms with van der Waals surface area (Å²) in [4.78, 5) is 23.1. The van der Waals surface area contributed by atoms with E-state index in [1.165, 1.54) is 13.8 Å². The summed E-state index contributed by atoms with van der Waals surface area (Å²) in [7, 11) is 0. The fraction of sp³-hybridized carbons (Fsp3) is 0.231. The second-order valence-corrected chi connectivity index (χ2v) is 3.93. The fourth-order valence-electron chi connectivity index (χ4n) is 1.99. The van der Waals surface area contributed by atoms with E-state index in [0.29, 0.717) is 11.1 Å². The van der Waals surface area contributed by atoms with Crippen molar-refractivity contribution in [3.05, 3.63) is 46.7 Å². The summed E-state index contributed by atoms with van der Waals surface area (Å²) in [5.74, 6) is -0.892. The van der Waals surface area contributed by atoms with Gasteiger partial charge in [-0.05, 0) is 19.9 Å². The van der Waals surface area contributed by atoms with Crippen molar-refractivity contribution in [3.63, 3.8) is 0 Å². The zero-order chi connectivity index (χ0) is 12.6. The number of ether oxygens (including phenoxy) is 1. The van der Waals surface area contributed by atoms with Crippen molar-refractivity contribution in [1.82, 2.24) is 0 Å². The summed E-state index contributed by atoms with van der Waals surface area (Å²) in [5.41, 5.74) is 1.19. The van der Waals surface area contributed by atoms with Gasteiger partial charge >= 0.3 is 5.97 Å². The third-order valence-electron chi connectivity index (χ3n) is 2.72. The van der Waals surface area contributed by atoms with Crippen molar-refractivity contribution in [2.24, 2.45) is 0 Å². The lowest BCUT2D eigenvalue weighted by Crippen LogP contribution is -2.11. The van der Waals surface area contributed by atoms with Gasteiger partial charge in [-0.1, -0.05) is 18.2 Å². The quantitative estimate of drug-likeness (QED) is 0.483. The largest absolute Gasteiger partial charge is 0.512 e. The number of cyclic esters (lactones) is 1. The van der Waals surface area contributed by atoms with Crippen LogP contribution in [0.15, 0.2) is 35.6 Å². The Morgan fingerprint density at radius 2 is 1.94 bits per heavy atom. The van der Waals surface area contributed by atoms with Crippen LogP contribution in [0, 0.1) is 0 Å². The van der Waals surface area contributed by atoms with Gasteiger partial charge < -0.3 is 9.84 Å². The maximum atomic E-state index is 11.6. The molecule has 17 heavy (non-hydrogen) atoms. The highest BCUT2D eigenvalue weighted by Gasteiger charge is 2.35. The third kappa shape index (κ3) is 1.82. The van der Waals surface area contributed by atoms with Crippen LogP contribution in [0.25, 0.3) is 0 Å². The Kier molecular flexibility index (Phi) is 2.71. The molecule has 0 aromatic heterocycles. The Hall–Kier alpha value is -2.10. The molecule has 0 amide bonds. The van der Waals surface area contributed by atoms with Crippen molar-refractivity contribution < 1.29 is 19.4 Å². The van der Waals surface area contributed by atoms with Gasteiger partial charge in [-0.2, -0.15) is 0 Å². The van der Waals surface area contributed by atoms with Crippen LogP contribution in [0.5, 0.6) is 0 Å². The Bertz CT molecular complexity index is 524. The highest BCUT2D eigenvalue weighted by atomic mass is 16.5. The highest BCUT2D eigenvalue weighted by molar-refractivity contribution is 6.00. The number of carbonyl (C=O) groups excluding carboxylic acids is 2. The minimum Gasteiger partial charge on any atom is -0.512 e. The normalized spacial score (nSPS) is 19.4. The average Bonchev–Trinajstić information content (AvgIpc) is 2.56. The van der Waals surface area contributed by atoms with Crippen molar-refractivity contribution in [2.45, 2.75) is 20.0 Å². The van der Waals surface area contributed by atoms with E-state index in [1.54, 1.807) is 24.3 Å². The number of Topliss-reactive ketones (excluding diaryl/α,β-unsaturated/α-hetero) is 1. The molecule has 0 saturated heterocycles. The number of rotatable bonds is 2. The van der Waals surface area contributed by atoms with Gasteiger partial charge in [0.1, 0.15) is 0 Å². The molecular formula is C13H12O4. The number of carbonyl (C=O) groups is 2. The number of allylic oxidation sites excluding steroid dienone is 1. The molecule has 4 heteroatoms. The molecule has 1 unspecified atom stereocenters. The molecular weight excluding hydrogens is 220 g/mol. The molecule has 1 atom stereocenters. The van der Waals surface area contributed by atoms with E-state index < -0.39 is 12.1 Å². The summed E-state index contributed by atoms with van der Waals surface area (Å²) >= 11 is 0. The predicted octanol–water partition coefficient (Wildman–Crippen LogP) is 2.32. The number of fused-ring (bicyclic) bond motifs is 1. The van der Waals surface area contributed by atoms with Gasteiger partial charge in [0, 0.05) is 5.56 Å². The molecule has 0 aliphatic carbocycles. The maximum absolute atomic E-state index is 11.6. The Balaban J connectivity index is 2.54. The van der Waals surface area contributed by atoms with Crippen LogP contribution in [0.1, 0.15) is 35.9 Å². The van der Waals surface area contributed by atoms with E-state index in [0.717, 1.165) is 0 Å². The lowest BCUT2D eigenvalue weighted by molar-refractivity contribution is -0.114. The molecule has 0 spiro atoms. The molecule has 0 saturated carbocycles. The van der Waals surface area contributed by atoms with Gasteiger partial charge in [0.2, 0.25) is 0 Å². The molecule has 2 rings (SSSR count). The first-order valence-corrected chi connectivity index (χ1v) is 5.23. The van der Waals surface area contributed by atoms with Crippen LogP contribution < -0.4 is 0 Å². The van der Waals surface area contributed by atoms with Crippen molar-refractivity contribution >= 4 is 11.8 Å². The Morgan fingerprint density at radius 3 is 2.53 bits per heavy atom. The zero-order valence-electron chi connectivity index (χ0n) is 9.56. The molecule has 1 aromatic rings. The lowest BCUT2D eigenvalue weighted by Gasteiger charge is -2.13. The minimum atomic E-state index is -0.791. The van der Waals surface area contributed by atoms with Crippen molar-refractivity contribution in [2.75, 3.05) is 0 Å².